The Hall–Kier alpha value is -2.14. The predicted molar refractivity (Wildman–Crippen MR) is 120 cm³/mol. The number of rotatable bonds is 6. The van der Waals surface area contributed by atoms with Crippen LogP contribution < -0.4 is 5.32 Å². The maximum absolute atomic E-state index is 12.2. The number of benzene rings is 2. The van der Waals surface area contributed by atoms with E-state index in [0.717, 1.165) is 23.2 Å². The van der Waals surface area contributed by atoms with Crippen molar-refractivity contribution in [3.63, 3.8) is 0 Å². The Morgan fingerprint density at radius 3 is 2.64 bits per heavy atom. The van der Waals surface area contributed by atoms with Crippen LogP contribution in [0.2, 0.25) is 10.0 Å². The van der Waals surface area contributed by atoms with Gasteiger partial charge in [0.15, 0.2) is 5.13 Å². The molecule has 0 bridgehead atoms. The maximum Gasteiger partial charge on any atom is 0.250 e. The summed E-state index contributed by atoms with van der Waals surface area (Å²) in [4.78, 5) is 16.7. The third kappa shape index (κ3) is 5.22. The Morgan fingerprint density at radius 1 is 1.21 bits per heavy atom. The van der Waals surface area contributed by atoms with Crippen LogP contribution in [0.25, 0.3) is 17.3 Å². The number of anilines is 1. The van der Waals surface area contributed by atoms with Crippen molar-refractivity contribution in [2.75, 3.05) is 5.32 Å². The third-order valence-corrected chi connectivity index (χ3v) is 5.82. The average molecular weight is 431 g/mol. The molecule has 3 aromatic rings. The van der Waals surface area contributed by atoms with Crippen molar-refractivity contribution in [3.05, 3.63) is 75.1 Å². The van der Waals surface area contributed by atoms with E-state index in [1.54, 1.807) is 24.3 Å². The highest BCUT2D eigenvalue weighted by Crippen LogP contribution is 2.27. The molecule has 1 unspecified atom stereocenters. The lowest BCUT2D eigenvalue weighted by molar-refractivity contribution is -0.111. The van der Waals surface area contributed by atoms with Gasteiger partial charge in [0.2, 0.25) is 5.91 Å². The molecule has 2 aromatic carbocycles. The van der Waals surface area contributed by atoms with Crippen molar-refractivity contribution in [3.8, 4) is 11.3 Å². The summed E-state index contributed by atoms with van der Waals surface area (Å²) in [7, 11) is 0. The number of aromatic nitrogens is 1. The first kappa shape index (κ1) is 20.6. The van der Waals surface area contributed by atoms with Crippen molar-refractivity contribution in [2.24, 2.45) is 0 Å². The molecule has 0 saturated carbocycles. The molecular formula is C22H20Cl2N2OS. The average Bonchev–Trinajstić information content (AvgIpc) is 3.15. The van der Waals surface area contributed by atoms with E-state index in [9.17, 15) is 4.79 Å². The number of halogens is 2. The number of nitrogens with one attached hydrogen (secondary N) is 1. The molecule has 1 amide bonds. The minimum Gasteiger partial charge on any atom is -0.298 e. The van der Waals surface area contributed by atoms with E-state index in [-0.39, 0.29) is 5.91 Å². The first-order chi connectivity index (χ1) is 13.5. The monoisotopic (exact) mass is 430 g/mol. The minimum absolute atomic E-state index is 0.265. The van der Waals surface area contributed by atoms with Crippen LogP contribution >= 0.6 is 34.5 Å². The Morgan fingerprint density at radius 2 is 1.96 bits per heavy atom. The Kier molecular flexibility index (Phi) is 6.89. The standard InChI is InChI=1S/C22H20Cl2N2OS/c1-3-14(2)15-4-6-17(7-5-15)20-13-28-22(25-20)26-21(27)11-9-16-8-10-18(23)12-19(16)24/h4-14H,3H2,1-2H3,(H,25,26,27)/b11-9+. The van der Waals surface area contributed by atoms with Crippen LogP contribution in [0.1, 0.15) is 37.3 Å². The molecule has 144 valence electrons. The van der Waals surface area contributed by atoms with Crippen LogP contribution in [-0.2, 0) is 4.79 Å². The molecule has 1 heterocycles. The van der Waals surface area contributed by atoms with Crippen molar-refractivity contribution in [2.45, 2.75) is 26.2 Å². The van der Waals surface area contributed by atoms with E-state index in [1.165, 1.54) is 23.0 Å². The first-order valence-corrected chi connectivity index (χ1v) is 10.6. The largest absolute Gasteiger partial charge is 0.298 e. The van der Waals surface area contributed by atoms with Gasteiger partial charge in [-0.25, -0.2) is 4.98 Å². The SMILES string of the molecule is CCC(C)c1ccc(-c2csc(NC(=O)/C=C/c3ccc(Cl)cc3Cl)n2)cc1. The van der Waals surface area contributed by atoms with Crippen LogP contribution in [-0.4, -0.2) is 10.9 Å². The molecule has 0 radical (unpaired) electrons. The zero-order valence-electron chi connectivity index (χ0n) is 15.6. The normalized spacial score (nSPS) is 12.3. The summed E-state index contributed by atoms with van der Waals surface area (Å²) < 4.78 is 0. The van der Waals surface area contributed by atoms with E-state index >= 15 is 0 Å². The maximum atomic E-state index is 12.2. The molecule has 0 fully saturated rings. The fourth-order valence-electron chi connectivity index (χ4n) is 2.63. The highest BCUT2D eigenvalue weighted by molar-refractivity contribution is 7.14. The van der Waals surface area contributed by atoms with Crippen molar-refractivity contribution in [1.29, 1.82) is 0 Å². The molecule has 28 heavy (non-hydrogen) atoms. The van der Waals surface area contributed by atoms with Gasteiger partial charge in [-0.1, -0.05) is 67.4 Å². The second kappa shape index (κ2) is 9.37. The van der Waals surface area contributed by atoms with Gasteiger partial charge < -0.3 is 0 Å². The van der Waals surface area contributed by atoms with Crippen LogP contribution in [0.3, 0.4) is 0 Å². The van der Waals surface area contributed by atoms with Gasteiger partial charge in [0, 0.05) is 27.1 Å². The molecule has 3 nitrogen and oxygen atoms in total. The summed E-state index contributed by atoms with van der Waals surface area (Å²) in [5.41, 5.74) is 3.93. The molecule has 1 N–H and O–H groups in total. The fraction of sp³-hybridized carbons (Fsp3) is 0.182. The van der Waals surface area contributed by atoms with E-state index in [0.29, 0.717) is 21.1 Å². The predicted octanol–water partition coefficient (Wildman–Crippen LogP) is 7.28. The zero-order valence-corrected chi connectivity index (χ0v) is 17.9. The van der Waals surface area contributed by atoms with Gasteiger partial charge in [-0.3, -0.25) is 10.1 Å². The van der Waals surface area contributed by atoms with Gasteiger partial charge in [-0.05, 0) is 41.7 Å². The lowest BCUT2D eigenvalue weighted by Gasteiger charge is -2.08. The van der Waals surface area contributed by atoms with E-state index in [2.05, 4.69) is 48.4 Å². The van der Waals surface area contributed by atoms with Gasteiger partial charge in [-0.2, -0.15) is 0 Å². The highest BCUT2D eigenvalue weighted by Gasteiger charge is 2.08. The van der Waals surface area contributed by atoms with Gasteiger partial charge in [0.05, 0.1) is 5.69 Å². The molecule has 0 aliphatic rings. The van der Waals surface area contributed by atoms with Crippen molar-refractivity contribution in [1.82, 2.24) is 4.98 Å². The molecule has 0 saturated heterocycles. The molecule has 1 atom stereocenters. The van der Waals surface area contributed by atoms with Gasteiger partial charge in [0.25, 0.3) is 0 Å². The Balaban J connectivity index is 1.65. The van der Waals surface area contributed by atoms with Crippen molar-refractivity contribution < 1.29 is 4.79 Å². The highest BCUT2D eigenvalue weighted by atomic mass is 35.5. The molecule has 3 rings (SSSR count). The van der Waals surface area contributed by atoms with Gasteiger partial charge in [-0.15, -0.1) is 11.3 Å². The van der Waals surface area contributed by atoms with E-state index in [4.69, 9.17) is 23.2 Å². The topological polar surface area (TPSA) is 42.0 Å². The molecule has 0 aliphatic heterocycles. The van der Waals surface area contributed by atoms with Gasteiger partial charge >= 0.3 is 0 Å². The smallest absolute Gasteiger partial charge is 0.250 e. The van der Waals surface area contributed by atoms with Gasteiger partial charge in [0.1, 0.15) is 0 Å². The number of carbonyl (C=O) groups excluding carboxylic acids is 1. The third-order valence-electron chi connectivity index (χ3n) is 4.50. The summed E-state index contributed by atoms with van der Waals surface area (Å²) in [5.74, 6) is 0.277. The number of hydrogen-bond donors (Lipinski definition) is 1. The molecule has 0 spiro atoms. The zero-order chi connectivity index (χ0) is 20.1. The van der Waals surface area contributed by atoms with Crippen LogP contribution in [0.4, 0.5) is 5.13 Å². The molecule has 1 aromatic heterocycles. The minimum atomic E-state index is -0.265. The summed E-state index contributed by atoms with van der Waals surface area (Å²) in [6.45, 7) is 4.40. The van der Waals surface area contributed by atoms with E-state index in [1.807, 2.05) is 5.38 Å². The van der Waals surface area contributed by atoms with Crippen LogP contribution in [0, 0.1) is 0 Å². The lowest BCUT2D eigenvalue weighted by Crippen LogP contribution is -2.07. The van der Waals surface area contributed by atoms with Crippen LogP contribution in [0.15, 0.2) is 53.9 Å². The summed E-state index contributed by atoms with van der Waals surface area (Å²) in [6.07, 6.45) is 4.19. The fourth-order valence-corrected chi connectivity index (χ4v) is 3.83. The number of thiazole rings is 1. The second-order valence-corrected chi connectivity index (χ2v) is 8.16. The first-order valence-electron chi connectivity index (χ1n) is 8.96. The lowest BCUT2D eigenvalue weighted by atomic mass is 9.97. The van der Waals surface area contributed by atoms with Crippen LogP contribution in [0.5, 0.6) is 0 Å². The van der Waals surface area contributed by atoms with E-state index < -0.39 is 0 Å². The summed E-state index contributed by atoms with van der Waals surface area (Å²) in [5, 5.41) is 6.33. The number of hydrogen-bond acceptors (Lipinski definition) is 3. The second-order valence-electron chi connectivity index (χ2n) is 6.46. The Labute approximate surface area is 179 Å². The number of nitrogens with zero attached hydrogens (tertiary/aromatic N) is 1. The summed E-state index contributed by atoms with van der Waals surface area (Å²) in [6, 6.07) is 13.6. The molecule has 0 aliphatic carbocycles. The molecule has 6 heteroatoms. The number of amides is 1. The van der Waals surface area contributed by atoms with Crippen molar-refractivity contribution >= 4 is 51.7 Å². The Bertz CT molecular complexity index is 996. The quantitative estimate of drug-likeness (QED) is 0.417. The summed E-state index contributed by atoms with van der Waals surface area (Å²) >= 11 is 13.4. The number of carbonyl (C=O) groups is 1. The molecular weight excluding hydrogens is 411 g/mol.